The van der Waals surface area contributed by atoms with Crippen molar-refractivity contribution in [1.29, 1.82) is 0 Å². The Kier molecular flexibility index (Phi) is 5.47. The molecule has 0 aromatic heterocycles. The molecule has 1 atom stereocenters. The lowest BCUT2D eigenvalue weighted by molar-refractivity contribution is -0.144. The van der Waals surface area contributed by atoms with Crippen LogP contribution >= 0.6 is 0 Å². The van der Waals surface area contributed by atoms with Gasteiger partial charge in [0.1, 0.15) is 6.04 Å². The van der Waals surface area contributed by atoms with Crippen LogP contribution in [0.25, 0.3) is 0 Å². The maximum absolute atomic E-state index is 10.9. The monoisotopic (exact) mass is 157 g/mol. The van der Waals surface area contributed by atoms with Gasteiger partial charge in [-0.3, -0.25) is 4.79 Å². The van der Waals surface area contributed by atoms with Gasteiger partial charge in [0.2, 0.25) is 0 Å². The minimum Gasteiger partial charge on any atom is -0.465 e. The van der Waals surface area contributed by atoms with E-state index < -0.39 is 6.04 Å². The second-order valence-corrected chi connectivity index (χ2v) is 2.22. The van der Waals surface area contributed by atoms with Gasteiger partial charge in [0.15, 0.2) is 0 Å². The van der Waals surface area contributed by atoms with Crippen LogP contribution < -0.4 is 5.73 Å². The van der Waals surface area contributed by atoms with Crippen LogP contribution in [0, 0.1) is 0 Å². The van der Waals surface area contributed by atoms with Crippen LogP contribution in [0.4, 0.5) is 0 Å². The maximum atomic E-state index is 10.9. The molecule has 0 aliphatic carbocycles. The zero-order chi connectivity index (χ0) is 8.69. The molecule has 64 valence electrons. The summed E-state index contributed by atoms with van der Waals surface area (Å²) in [6, 6.07) is -0.493. The Labute approximate surface area is 67.2 Å². The van der Waals surface area contributed by atoms with Crippen LogP contribution in [0.1, 0.15) is 19.8 Å². The van der Waals surface area contributed by atoms with Gasteiger partial charge in [-0.1, -0.05) is 6.08 Å². The molecule has 0 aromatic rings. The van der Waals surface area contributed by atoms with E-state index in [0.717, 1.165) is 6.42 Å². The first kappa shape index (κ1) is 10.2. The maximum Gasteiger partial charge on any atom is 0.322 e. The molecule has 0 saturated heterocycles. The van der Waals surface area contributed by atoms with Crippen LogP contribution in [0.5, 0.6) is 0 Å². The molecule has 3 heteroatoms. The van der Waals surface area contributed by atoms with Crippen molar-refractivity contribution in [3.05, 3.63) is 12.7 Å². The van der Waals surface area contributed by atoms with Crippen molar-refractivity contribution in [1.82, 2.24) is 0 Å². The van der Waals surface area contributed by atoms with Crippen molar-refractivity contribution in [2.45, 2.75) is 25.8 Å². The van der Waals surface area contributed by atoms with Crippen LogP contribution in [0.2, 0.25) is 0 Å². The summed E-state index contributed by atoms with van der Waals surface area (Å²) >= 11 is 0. The Bertz CT molecular complexity index is 134. The molecule has 0 aliphatic heterocycles. The van der Waals surface area contributed by atoms with Crippen LogP contribution in [-0.2, 0) is 9.53 Å². The predicted molar refractivity (Wildman–Crippen MR) is 44.0 cm³/mol. The molecule has 0 spiro atoms. The second-order valence-electron chi connectivity index (χ2n) is 2.22. The van der Waals surface area contributed by atoms with Gasteiger partial charge in [-0.2, -0.15) is 0 Å². The van der Waals surface area contributed by atoms with E-state index in [1.54, 1.807) is 13.0 Å². The molecule has 0 amide bonds. The highest BCUT2D eigenvalue weighted by Crippen LogP contribution is 1.96. The highest BCUT2D eigenvalue weighted by Gasteiger charge is 2.12. The molecule has 0 heterocycles. The highest BCUT2D eigenvalue weighted by atomic mass is 16.5. The summed E-state index contributed by atoms with van der Waals surface area (Å²) < 4.78 is 4.70. The number of hydrogen-bond acceptors (Lipinski definition) is 3. The lowest BCUT2D eigenvalue weighted by atomic mass is 10.2. The molecule has 3 nitrogen and oxygen atoms in total. The number of ether oxygens (including phenoxy) is 1. The SMILES string of the molecule is C=CCC[C@@H](N)C(=O)OCC. The van der Waals surface area contributed by atoms with Crippen LogP contribution in [-0.4, -0.2) is 18.6 Å². The van der Waals surface area contributed by atoms with E-state index in [4.69, 9.17) is 10.5 Å². The summed E-state index contributed by atoms with van der Waals surface area (Å²) in [6.45, 7) is 5.68. The molecule has 0 saturated carbocycles. The lowest BCUT2D eigenvalue weighted by Gasteiger charge is -2.07. The van der Waals surface area contributed by atoms with Crippen molar-refractivity contribution in [3.8, 4) is 0 Å². The molecule has 0 unspecified atom stereocenters. The molecular formula is C8H15NO2. The van der Waals surface area contributed by atoms with Gasteiger partial charge in [0.25, 0.3) is 0 Å². The minimum absolute atomic E-state index is 0.325. The molecule has 0 aromatic carbocycles. The van der Waals surface area contributed by atoms with E-state index in [-0.39, 0.29) is 5.97 Å². The standard InChI is InChI=1S/C8H15NO2/c1-3-5-6-7(9)8(10)11-4-2/h3,7H,1,4-6,9H2,2H3/t7-/m1/s1. The molecule has 2 N–H and O–H groups in total. The zero-order valence-corrected chi connectivity index (χ0v) is 6.88. The van der Waals surface area contributed by atoms with E-state index in [0.29, 0.717) is 13.0 Å². The van der Waals surface area contributed by atoms with Crippen molar-refractivity contribution in [2.24, 2.45) is 5.73 Å². The first-order chi connectivity index (χ1) is 5.22. The normalized spacial score (nSPS) is 12.2. The fourth-order valence-electron chi connectivity index (χ4n) is 0.665. The Balaban J connectivity index is 3.54. The first-order valence-corrected chi connectivity index (χ1v) is 3.75. The van der Waals surface area contributed by atoms with Gasteiger partial charge < -0.3 is 10.5 Å². The average Bonchev–Trinajstić information content (AvgIpc) is 2.00. The third-order valence-electron chi connectivity index (χ3n) is 1.27. The Hall–Kier alpha value is -0.830. The molecule has 0 fully saturated rings. The van der Waals surface area contributed by atoms with E-state index in [9.17, 15) is 4.79 Å². The topological polar surface area (TPSA) is 52.3 Å². The first-order valence-electron chi connectivity index (χ1n) is 3.75. The Morgan fingerprint density at radius 3 is 2.91 bits per heavy atom. The van der Waals surface area contributed by atoms with E-state index in [1.165, 1.54) is 0 Å². The van der Waals surface area contributed by atoms with E-state index >= 15 is 0 Å². The molecule has 0 bridgehead atoms. The number of hydrogen-bond donors (Lipinski definition) is 1. The van der Waals surface area contributed by atoms with Crippen molar-refractivity contribution >= 4 is 5.97 Å². The molecule has 0 aliphatic rings. The number of rotatable bonds is 5. The number of allylic oxidation sites excluding steroid dienone is 1. The van der Waals surface area contributed by atoms with Crippen molar-refractivity contribution in [3.63, 3.8) is 0 Å². The third kappa shape index (κ3) is 4.56. The number of carbonyl (C=O) groups excluding carboxylic acids is 1. The molecule has 11 heavy (non-hydrogen) atoms. The average molecular weight is 157 g/mol. The summed E-state index contributed by atoms with van der Waals surface area (Å²) in [7, 11) is 0. The van der Waals surface area contributed by atoms with E-state index in [1.807, 2.05) is 0 Å². The van der Waals surface area contributed by atoms with Gasteiger partial charge in [0.05, 0.1) is 6.61 Å². The van der Waals surface area contributed by atoms with Crippen LogP contribution in [0.3, 0.4) is 0 Å². The van der Waals surface area contributed by atoms with Gasteiger partial charge >= 0.3 is 5.97 Å². The summed E-state index contributed by atoms with van der Waals surface area (Å²) in [5.74, 6) is -0.325. The highest BCUT2D eigenvalue weighted by molar-refractivity contribution is 5.75. The van der Waals surface area contributed by atoms with Gasteiger partial charge in [0, 0.05) is 0 Å². The van der Waals surface area contributed by atoms with E-state index in [2.05, 4.69) is 6.58 Å². The smallest absolute Gasteiger partial charge is 0.322 e. The largest absolute Gasteiger partial charge is 0.465 e. The number of nitrogens with two attached hydrogens (primary N) is 1. The summed E-state index contributed by atoms with van der Waals surface area (Å²) in [5, 5.41) is 0. The van der Waals surface area contributed by atoms with Gasteiger partial charge in [-0.05, 0) is 19.8 Å². The molecular weight excluding hydrogens is 142 g/mol. The van der Waals surface area contributed by atoms with Gasteiger partial charge in [-0.25, -0.2) is 0 Å². The Morgan fingerprint density at radius 1 is 1.82 bits per heavy atom. The number of esters is 1. The second kappa shape index (κ2) is 5.92. The predicted octanol–water partition coefficient (Wildman–Crippen LogP) is 0.843. The zero-order valence-electron chi connectivity index (χ0n) is 6.88. The fourth-order valence-corrected chi connectivity index (χ4v) is 0.665. The quantitative estimate of drug-likeness (QED) is 0.475. The van der Waals surface area contributed by atoms with Crippen molar-refractivity contribution < 1.29 is 9.53 Å². The lowest BCUT2D eigenvalue weighted by Crippen LogP contribution is -2.31. The summed E-state index contributed by atoms with van der Waals surface area (Å²) in [4.78, 5) is 10.9. The summed E-state index contributed by atoms with van der Waals surface area (Å²) in [5.41, 5.74) is 5.47. The molecule has 0 radical (unpaired) electrons. The third-order valence-corrected chi connectivity index (χ3v) is 1.27. The summed E-state index contributed by atoms with van der Waals surface area (Å²) in [6.07, 6.45) is 3.10. The van der Waals surface area contributed by atoms with Gasteiger partial charge in [-0.15, -0.1) is 6.58 Å². The Morgan fingerprint density at radius 2 is 2.45 bits per heavy atom. The van der Waals surface area contributed by atoms with Crippen molar-refractivity contribution in [2.75, 3.05) is 6.61 Å². The van der Waals surface area contributed by atoms with Crippen LogP contribution in [0.15, 0.2) is 12.7 Å². The minimum atomic E-state index is -0.493. The number of carbonyl (C=O) groups is 1. The fraction of sp³-hybridized carbons (Fsp3) is 0.625. The molecule has 0 rings (SSSR count).